The fourth-order valence-electron chi connectivity index (χ4n) is 1.80. The maximum atomic E-state index is 12.3. The molecule has 2 heterocycles. The van der Waals surface area contributed by atoms with Crippen molar-refractivity contribution < 1.29 is 8.42 Å². The van der Waals surface area contributed by atoms with Crippen molar-refractivity contribution in [2.75, 3.05) is 13.1 Å². The van der Waals surface area contributed by atoms with Gasteiger partial charge in [-0.2, -0.15) is 4.31 Å². The molecule has 0 saturated carbocycles. The van der Waals surface area contributed by atoms with Gasteiger partial charge in [-0.25, -0.2) is 8.42 Å². The van der Waals surface area contributed by atoms with Crippen LogP contribution in [-0.4, -0.2) is 31.9 Å². The van der Waals surface area contributed by atoms with Gasteiger partial charge in [0, 0.05) is 19.1 Å². The molecule has 0 spiro atoms. The molecule has 1 fully saturated rings. The van der Waals surface area contributed by atoms with Crippen LogP contribution in [0.1, 0.15) is 18.4 Å². The van der Waals surface area contributed by atoms with Crippen molar-refractivity contribution in [3.05, 3.63) is 16.0 Å². The summed E-state index contributed by atoms with van der Waals surface area (Å²) in [6, 6.07) is 1.76. The van der Waals surface area contributed by atoms with Crippen LogP contribution in [0.25, 0.3) is 0 Å². The summed E-state index contributed by atoms with van der Waals surface area (Å²) in [5, 5.41) is 0. The van der Waals surface area contributed by atoms with Gasteiger partial charge >= 0.3 is 0 Å². The van der Waals surface area contributed by atoms with Crippen molar-refractivity contribution in [3.63, 3.8) is 0 Å². The molecular formula is C10H16Cl2N2O2S2. The zero-order chi connectivity index (χ0) is 12.6. The minimum Gasteiger partial charge on any atom is -0.328 e. The van der Waals surface area contributed by atoms with Crippen molar-refractivity contribution in [2.24, 2.45) is 5.73 Å². The average molecular weight is 331 g/mol. The van der Waals surface area contributed by atoms with Crippen molar-refractivity contribution in [1.82, 2.24) is 4.31 Å². The molecule has 2 rings (SSSR count). The SMILES string of the molecule is Cc1cc(S(=O)(=O)N2CCC(N)CC2)sc1Cl.Cl. The second kappa shape index (κ2) is 6.07. The van der Waals surface area contributed by atoms with E-state index in [9.17, 15) is 8.42 Å². The van der Waals surface area contributed by atoms with E-state index in [-0.39, 0.29) is 18.4 Å². The Bertz CT molecular complexity index is 488. The Hall–Kier alpha value is 0.150. The first-order valence-corrected chi connectivity index (χ1v) is 8.06. The van der Waals surface area contributed by atoms with Gasteiger partial charge < -0.3 is 5.73 Å². The van der Waals surface area contributed by atoms with Crippen molar-refractivity contribution >= 4 is 45.4 Å². The molecule has 1 aliphatic heterocycles. The quantitative estimate of drug-likeness (QED) is 0.904. The average Bonchev–Trinajstić information content (AvgIpc) is 2.60. The van der Waals surface area contributed by atoms with Gasteiger partial charge in [-0.05, 0) is 31.4 Å². The Balaban J connectivity index is 0.00000162. The maximum Gasteiger partial charge on any atom is 0.252 e. The molecule has 104 valence electrons. The van der Waals surface area contributed by atoms with E-state index in [1.54, 1.807) is 6.07 Å². The molecule has 2 N–H and O–H groups in total. The molecule has 8 heteroatoms. The topological polar surface area (TPSA) is 63.4 Å². The van der Waals surface area contributed by atoms with Gasteiger partial charge in [-0.1, -0.05) is 11.6 Å². The highest BCUT2D eigenvalue weighted by Crippen LogP contribution is 2.32. The highest BCUT2D eigenvalue weighted by molar-refractivity contribution is 7.91. The van der Waals surface area contributed by atoms with E-state index in [1.165, 1.54) is 4.31 Å². The Labute approximate surface area is 123 Å². The van der Waals surface area contributed by atoms with Crippen LogP contribution >= 0.6 is 35.3 Å². The summed E-state index contributed by atoms with van der Waals surface area (Å²) < 4.78 is 27.0. The van der Waals surface area contributed by atoms with Gasteiger partial charge in [0.15, 0.2) is 0 Å². The Kier molecular flexibility index (Phi) is 5.46. The molecule has 0 radical (unpaired) electrons. The van der Waals surface area contributed by atoms with Gasteiger partial charge in [-0.3, -0.25) is 0 Å². The third-order valence-electron chi connectivity index (χ3n) is 2.93. The van der Waals surface area contributed by atoms with Gasteiger partial charge in [-0.15, -0.1) is 23.7 Å². The van der Waals surface area contributed by atoms with Crippen LogP contribution in [0.4, 0.5) is 0 Å². The fourth-order valence-corrected chi connectivity index (χ4v) is 5.13. The molecule has 0 bridgehead atoms. The lowest BCUT2D eigenvalue weighted by Gasteiger charge is -2.28. The van der Waals surface area contributed by atoms with Crippen LogP contribution in [0, 0.1) is 6.92 Å². The largest absolute Gasteiger partial charge is 0.328 e. The normalized spacial score (nSPS) is 18.6. The number of nitrogens with two attached hydrogens (primary N) is 1. The number of halogens is 2. The molecular weight excluding hydrogens is 315 g/mol. The van der Waals surface area contributed by atoms with E-state index >= 15 is 0 Å². The number of hydrogen-bond acceptors (Lipinski definition) is 4. The van der Waals surface area contributed by atoms with Gasteiger partial charge in [0.25, 0.3) is 10.0 Å². The number of aryl methyl sites for hydroxylation is 1. The van der Waals surface area contributed by atoms with Gasteiger partial charge in [0.05, 0.1) is 4.34 Å². The minimum absolute atomic E-state index is 0. The lowest BCUT2D eigenvalue weighted by molar-refractivity contribution is 0.320. The predicted molar refractivity (Wildman–Crippen MR) is 77.3 cm³/mol. The van der Waals surface area contributed by atoms with Crippen LogP contribution in [0.3, 0.4) is 0 Å². The number of sulfonamides is 1. The van der Waals surface area contributed by atoms with Crippen molar-refractivity contribution in [2.45, 2.75) is 30.0 Å². The second-order valence-corrected chi connectivity index (χ2v) is 8.08. The monoisotopic (exact) mass is 330 g/mol. The Morgan fingerprint density at radius 3 is 2.44 bits per heavy atom. The summed E-state index contributed by atoms with van der Waals surface area (Å²) >= 11 is 7.03. The minimum atomic E-state index is -3.38. The third-order valence-corrected chi connectivity index (χ3v) is 6.83. The molecule has 1 aliphatic rings. The molecule has 0 unspecified atom stereocenters. The number of hydrogen-bond donors (Lipinski definition) is 1. The van der Waals surface area contributed by atoms with E-state index in [4.69, 9.17) is 17.3 Å². The first-order chi connectivity index (χ1) is 7.91. The molecule has 1 aromatic rings. The molecule has 0 amide bonds. The van der Waals surface area contributed by atoms with Crippen molar-refractivity contribution in [1.29, 1.82) is 0 Å². The molecule has 4 nitrogen and oxygen atoms in total. The molecule has 0 aliphatic carbocycles. The lowest BCUT2D eigenvalue weighted by Crippen LogP contribution is -2.42. The summed E-state index contributed by atoms with van der Waals surface area (Å²) in [6.07, 6.45) is 1.44. The highest BCUT2D eigenvalue weighted by Gasteiger charge is 2.29. The fraction of sp³-hybridized carbons (Fsp3) is 0.600. The molecule has 1 aromatic heterocycles. The van der Waals surface area contributed by atoms with Gasteiger partial charge in [0.2, 0.25) is 0 Å². The summed E-state index contributed by atoms with van der Waals surface area (Å²) in [6.45, 7) is 2.81. The Morgan fingerprint density at radius 2 is 2.00 bits per heavy atom. The number of thiophene rings is 1. The van der Waals surface area contributed by atoms with E-state index in [2.05, 4.69) is 0 Å². The standard InChI is InChI=1S/C10H15ClN2O2S2.ClH/c1-7-6-9(16-10(7)11)17(14,15)13-4-2-8(12)3-5-13;/h6,8H,2-5,12H2,1H3;1H. The van der Waals surface area contributed by atoms with E-state index in [1.807, 2.05) is 6.92 Å². The first-order valence-electron chi connectivity index (χ1n) is 5.43. The van der Waals surface area contributed by atoms with Crippen LogP contribution < -0.4 is 5.73 Å². The van der Waals surface area contributed by atoms with Crippen LogP contribution in [-0.2, 0) is 10.0 Å². The van der Waals surface area contributed by atoms with Crippen LogP contribution in [0.5, 0.6) is 0 Å². The summed E-state index contributed by atoms with van der Waals surface area (Å²) in [5.41, 5.74) is 6.58. The number of nitrogens with zero attached hydrogens (tertiary/aromatic N) is 1. The van der Waals surface area contributed by atoms with Gasteiger partial charge in [0.1, 0.15) is 4.21 Å². The second-order valence-electron chi connectivity index (χ2n) is 4.26. The third kappa shape index (κ3) is 3.18. The maximum absolute atomic E-state index is 12.3. The molecule has 1 saturated heterocycles. The zero-order valence-electron chi connectivity index (χ0n) is 9.93. The molecule has 0 atom stereocenters. The van der Waals surface area contributed by atoms with E-state index in [0.717, 1.165) is 29.7 Å². The zero-order valence-corrected chi connectivity index (χ0v) is 13.1. The van der Waals surface area contributed by atoms with Crippen LogP contribution in [0.2, 0.25) is 4.34 Å². The lowest BCUT2D eigenvalue weighted by atomic mass is 10.1. The summed E-state index contributed by atoms with van der Waals surface area (Å²) in [4.78, 5) is 0. The van der Waals surface area contributed by atoms with Crippen LogP contribution in [0.15, 0.2) is 10.3 Å². The number of piperidine rings is 1. The number of rotatable bonds is 2. The van der Waals surface area contributed by atoms with Crippen molar-refractivity contribution in [3.8, 4) is 0 Å². The van der Waals surface area contributed by atoms with E-state index in [0.29, 0.717) is 21.6 Å². The molecule has 18 heavy (non-hydrogen) atoms. The first kappa shape index (κ1) is 16.2. The highest BCUT2D eigenvalue weighted by atomic mass is 35.5. The predicted octanol–water partition coefficient (Wildman–Crippen LogP) is 2.24. The summed E-state index contributed by atoms with van der Waals surface area (Å²) in [5.74, 6) is 0. The summed E-state index contributed by atoms with van der Waals surface area (Å²) in [7, 11) is -3.38. The smallest absolute Gasteiger partial charge is 0.252 e. The molecule has 0 aromatic carbocycles. The van der Waals surface area contributed by atoms with E-state index < -0.39 is 10.0 Å². The Morgan fingerprint density at radius 1 is 1.44 bits per heavy atom.